The van der Waals surface area contributed by atoms with Crippen LogP contribution >= 0.6 is 11.6 Å². The molecule has 0 saturated carbocycles. The van der Waals surface area contributed by atoms with Gasteiger partial charge in [0.25, 0.3) is 0 Å². The highest BCUT2D eigenvalue weighted by molar-refractivity contribution is 6.29. The largest absolute Gasteiger partial charge is 0.471 e. The van der Waals surface area contributed by atoms with Gasteiger partial charge in [-0.3, -0.25) is 0 Å². The molecule has 0 bridgehead atoms. The fourth-order valence-corrected chi connectivity index (χ4v) is 3.37. The highest BCUT2D eigenvalue weighted by atomic mass is 35.5. The summed E-state index contributed by atoms with van der Waals surface area (Å²) in [5.74, 6) is 1.34. The second-order valence-corrected chi connectivity index (χ2v) is 6.34. The molecule has 2 aromatic heterocycles. The Morgan fingerprint density at radius 1 is 1.46 bits per heavy atom. The van der Waals surface area contributed by atoms with Crippen LogP contribution in [0.15, 0.2) is 18.8 Å². The van der Waals surface area contributed by atoms with Gasteiger partial charge in [0.15, 0.2) is 11.0 Å². The smallest absolute Gasteiger partial charge is 0.235 e. The average Bonchev–Trinajstić information content (AvgIpc) is 2.99. The predicted molar refractivity (Wildman–Crippen MR) is 92.6 cm³/mol. The van der Waals surface area contributed by atoms with E-state index in [1.807, 2.05) is 13.0 Å². The van der Waals surface area contributed by atoms with E-state index in [2.05, 4.69) is 37.0 Å². The maximum absolute atomic E-state index is 6.10. The summed E-state index contributed by atoms with van der Waals surface area (Å²) in [5.41, 5.74) is 2.49. The van der Waals surface area contributed by atoms with Crippen LogP contribution in [0, 0.1) is 6.92 Å². The molecule has 1 fully saturated rings. The van der Waals surface area contributed by atoms with Gasteiger partial charge >= 0.3 is 0 Å². The van der Waals surface area contributed by atoms with Crippen molar-refractivity contribution in [2.24, 2.45) is 0 Å². The Bertz CT molecular complexity index is 798. The van der Waals surface area contributed by atoms with Crippen LogP contribution in [-0.2, 0) is 0 Å². The zero-order valence-corrected chi connectivity index (χ0v) is 14.0. The molecule has 0 aliphatic carbocycles. The van der Waals surface area contributed by atoms with Crippen molar-refractivity contribution in [2.75, 3.05) is 23.3 Å². The molecule has 4 heterocycles. The second-order valence-electron chi connectivity index (χ2n) is 5.95. The van der Waals surface area contributed by atoms with Crippen LogP contribution in [0.4, 0.5) is 11.5 Å². The number of hydrogen-bond donors (Lipinski definition) is 1. The summed E-state index contributed by atoms with van der Waals surface area (Å²) >= 11 is 6.00. The van der Waals surface area contributed by atoms with E-state index in [1.165, 1.54) is 0 Å². The lowest BCUT2D eigenvalue weighted by Crippen LogP contribution is -2.40. The lowest BCUT2D eigenvalue weighted by Gasteiger charge is -2.32. The molecular formula is C16H17ClN6O. The Hall–Kier alpha value is -2.41. The number of aromatic nitrogens is 4. The van der Waals surface area contributed by atoms with E-state index in [-0.39, 0.29) is 6.10 Å². The summed E-state index contributed by atoms with van der Waals surface area (Å²) in [7, 11) is 0. The maximum Gasteiger partial charge on any atom is 0.235 e. The standard InChI is InChI=1S/C16H17ClN6O/c1-3-10-6-19-16(9(2)20-10)24-12-4-11-7-18-15-13(23(11)8-12)5-14(17)21-22-15/h3,5-6,11-12H,1,4,7-8H2,2H3,(H,18,22). The number of hydrogen-bond acceptors (Lipinski definition) is 7. The Labute approximate surface area is 144 Å². The van der Waals surface area contributed by atoms with Crippen molar-refractivity contribution in [3.05, 3.63) is 35.4 Å². The Balaban J connectivity index is 1.53. The molecule has 4 rings (SSSR count). The molecule has 1 saturated heterocycles. The first-order valence-corrected chi connectivity index (χ1v) is 8.18. The second kappa shape index (κ2) is 5.90. The Morgan fingerprint density at radius 2 is 2.33 bits per heavy atom. The third-order valence-corrected chi connectivity index (χ3v) is 4.53. The number of aryl methyl sites for hydroxylation is 1. The molecule has 0 radical (unpaired) electrons. The number of rotatable bonds is 3. The van der Waals surface area contributed by atoms with Crippen molar-refractivity contribution in [3.8, 4) is 5.88 Å². The van der Waals surface area contributed by atoms with Crippen molar-refractivity contribution >= 4 is 29.2 Å². The van der Waals surface area contributed by atoms with Crippen LogP contribution in [0.1, 0.15) is 17.8 Å². The van der Waals surface area contributed by atoms with E-state index < -0.39 is 0 Å². The summed E-state index contributed by atoms with van der Waals surface area (Å²) in [6.07, 6.45) is 4.28. The number of ether oxygens (including phenoxy) is 1. The van der Waals surface area contributed by atoms with Gasteiger partial charge in [0.05, 0.1) is 30.2 Å². The van der Waals surface area contributed by atoms with Gasteiger partial charge in [-0.2, -0.15) is 0 Å². The molecule has 2 aliphatic rings. The monoisotopic (exact) mass is 344 g/mol. The van der Waals surface area contributed by atoms with E-state index in [1.54, 1.807) is 12.3 Å². The first-order chi connectivity index (χ1) is 11.6. The molecule has 2 aliphatic heterocycles. The molecule has 2 aromatic rings. The van der Waals surface area contributed by atoms with E-state index in [4.69, 9.17) is 16.3 Å². The third kappa shape index (κ3) is 2.65. The van der Waals surface area contributed by atoms with Gasteiger partial charge in [0, 0.05) is 19.0 Å². The number of nitrogens with one attached hydrogen (secondary N) is 1. The lowest BCUT2D eigenvalue weighted by atomic mass is 10.1. The number of anilines is 2. The van der Waals surface area contributed by atoms with Crippen molar-refractivity contribution in [3.63, 3.8) is 0 Å². The third-order valence-electron chi connectivity index (χ3n) is 4.34. The fraction of sp³-hybridized carbons (Fsp3) is 0.375. The molecule has 1 N–H and O–H groups in total. The van der Waals surface area contributed by atoms with Crippen LogP contribution in [0.3, 0.4) is 0 Å². The van der Waals surface area contributed by atoms with Gasteiger partial charge in [-0.15, -0.1) is 10.2 Å². The predicted octanol–water partition coefficient (Wildman–Crippen LogP) is 2.32. The number of fused-ring (bicyclic) bond motifs is 3. The van der Waals surface area contributed by atoms with Crippen molar-refractivity contribution in [1.29, 1.82) is 0 Å². The molecule has 0 aromatic carbocycles. The molecule has 8 heteroatoms. The van der Waals surface area contributed by atoms with Gasteiger partial charge in [-0.05, 0) is 13.0 Å². The maximum atomic E-state index is 6.10. The summed E-state index contributed by atoms with van der Waals surface area (Å²) in [6.45, 7) is 7.16. The van der Waals surface area contributed by atoms with Crippen molar-refractivity contribution in [2.45, 2.75) is 25.5 Å². The van der Waals surface area contributed by atoms with Crippen LogP contribution in [0.2, 0.25) is 5.15 Å². The minimum absolute atomic E-state index is 0.0391. The fourth-order valence-electron chi connectivity index (χ4n) is 3.23. The van der Waals surface area contributed by atoms with E-state index >= 15 is 0 Å². The zero-order valence-electron chi connectivity index (χ0n) is 13.2. The molecule has 7 nitrogen and oxygen atoms in total. The summed E-state index contributed by atoms with van der Waals surface area (Å²) in [4.78, 5) is 11.0. The van der Waals surface area contributed by atoms with Crippen LogP contribution in [0.5, 0.6) is 5.88 Å². The minimum Gasteiger partial charge on any atom is -0.471 e. The molecular weight excluding hydrogens is 328 g/mol. The van der Waals surface area contributed by atoms with E-state index in [0.29, 0.717) is 17.1 Å². The quantitative estimate of drug-likeness (QED) is 0.915. The highest BCUT2D eigenvalue weighted by Gasteiger charge is 2.38. The molecule has 2 atom stereocenters. The topological polar surface area (TPSA) is 76.1 Å². The van der Waals surface area contributed by atoms with Gasteiger partial charge in [0.1, 0.15) is 11.8 Å². The molecule has 0 spiro atoms. The van der Waals surface area contributed by atoms with Crippen molar-refractivity contribution < 1.29 is 4.74 Å². The van der Waals surface area contributed by atoms with Gasteiger partial charge in [-0.1, -0.05) is 18.2 Å². The molecule has 0 amide bonds. The highest BCUT2D eigenvalue weighted by Crippen LogP contribution is 2.36. The zero-order chi connectivity index (χ0) is 16.7. The first-order valence-electron chi connectivity index (χ1n) is 7.80. The first kappa shape index (κ1) is 15.1. The lowest BCUT2D eigenvalue weighted by molar-refractivity contribution is 0.209. The van der Waals surface area contributed by atoms with Gasteiger partial charge in [0.2, 0.25) is 5.88 Å². The molecule has 2 unspecified atom stereocenters. The Kier molecular flexibility index (Phi) is 3.72. The SMILES string of the molecule is C=Cc1cnc(OC2CC3CNc4nnc(Cl)cc4N3C2)c(C)n1. The van der Waals surface area contributed by atoms with Gasteiger partial charge < -0.3 is 15.0 Å². The van der Waals surface area contributed by atoms with Crippen LogP contribution in [-0.4, -0.2) is 45.4 Å². The van der Waals surface area contributed by atoms with E-state index in [9.17, 15) is 0 Å². The normalized spacial score (nSPS) is 21.7. The molecule has 124 valence electrons. The van der Waals surface area contributed by atoms with Gasteiger partial charge in [-0.25, -0.2) is 9.97 Å². The summed E-state index contributed by atoms with van der Waals surface area (Å²) in [6, 6.07) is 2.18. The van der Waals surface area contributed by atoms with E-state index in [0.717, 1.165) is 42.4 Å². The van der Waals surface area contributed by atoms with Crippen molar-refractivity contribution in [1.82, 2.24) is 20.2 Å². The van der Waals surface area contributed by atoms with Crippen LogP contribution in [0.25, 0.3) is 6.08 Å². The number of halogens is 1. The minimum atomic E-state index is 0.0391. The number of nitrogens with zero attached hydrogens (tertiary/aromatic N) is 5. The van der Waals surface area contributed by atoms with Crippen LogP contribution < -0.4 is 15.0 Å². The summed E-state index contributed by atoms with van der Waals surface area (Å²) in [5, 5.41) is 11.7. The average molecular weight is 345 g/mol. The Morgan fingerprint density at radius 3 is 3.12 bits per heavy atom. The summed E-state index contributed by atoms with van der Waals surface area (Å²) < 4.78 is 6.10. The molecule has 24 heavy (non-hydrogen) atoms.